The van der Waals surface area contributed by atoms with Gasteiger partial charge in [-0.25, -0.2) is 0 Å². The van der Waals surface area contributed by atoms with E-state index in [1.54, 1.807) is 0 Å². The number of hydrogen-bond donors (Lipinski definition) is 0. The average molecular weight is 154 g/mol. The Balaban J connectivity index is 2.00. The van der Waals surface area contributed by atoms with Gasteiger partial charge >= 0.3 is 0 Å². The lowest BCUT2D eigenvalue weighted by Gasteiger charge is -2.56. The Bertz CT molecular complexity index is 144. The molecular weight excluding hydrogens is 136 g/mol. The van der Waals surface area contributed by atoms with E-state index < -0.39 is 0 Å². The fourth-order valence-corrected chi connectivity index (χ4v) is 2.59. The van der Waals surface area contributed by atoms with Crippen LogP contribution in [0.2, 0.25) is 0 Å². The van der Waals surface area contributed by atoms with Crippen molar-refractivity contribution in [1.29, 1.82) is 0 Å². The van der Waals surface area contributed by atoms with Crippen molar-refractivity contribution in [1.82, 2.24) is 9.80 Å². The summed E-state index contributed by atoms with van der Waals surface area (Å²) in [4.78, 5) is 4.98. The smallest absolute Gasteiger partial charge is 0.0459 e. The highest BCUT2D eigenvalue weighted by molar-refractivity contribution is 5.03. The first-order valence-corrected chi connectivity index (χ1v) is 4.63. The molecule has 0 saturated carbocycles. The predicted octanol–water partition coefficient (Wildman–Crippen LogP) is 0.786. The molecule has 0 amide bonds. The van der Waals surface area contributed by atoms with Gasteiger partial charge < -0.3 is 4.90 Å². The second-order valence-electron chi connectivity index (χ2n) is 4.28. The van der Waals surface area contributed by atoms with Crippen molar-refractivity contribution in [2.24, 2.45) is 0 Å². The zero-order valence-electron chi connectivity index (χ0n) is 7.64. The fourth-order valence-electron chi connectivity index (χ4n) is 2.59. The number of nitrogens with zero attached hydrogens (tertiary/aromatic N) is 2. The van der Waals surface area contributed by atoms with E-state index in [0.717, 1.165) is 0 Å². The molecule has 0 N–H and O–H groups in total. The van der Waals surface area contributed by atoms with Crippen molar-refractivity contribution in [3.8, 4) is 0 Å². The summed E-state index contributed by atoms with van der Waals surface area (Å²) in [5, 5.41) is 0. The molecule has 2 saturated heterocycles. The van der Waals surface area contributed by atoms with Crippen LogP contribution in [0.1, 0.15) is 19.3 Å². The predicted molar refractivity (Wildman–Crippen MR) is 46.7 cm³/mol. The highest BCUT2D eigenvalue weighted by Crippen LogP contribution is 2.34. The maximum atomic E-state index is 2.57. The molecule has 0 unspecified atom stereocenters. The SMILES string of the molecule is CN1CC2(CCCCN2C)C1. The van der Waals surface area contributed by atoms with E-state index in [4.69, 9.17) is 0 Å². The van der Waals surface area contributed by atoms with Gasteiger partial charge in [0.2, 0.25) is 0 Å². The van der Waals surface area contributed by atoms with Gasteiger partial charge in [-0.05, 0) is 33.5 Å². The maximum Gasteiger partial charge on any atom is 0.0459 e. The normalized spacial score (nSPS) is 32.2. The number of hydrogen-bond acceptors (Lipinski definition) is 2. The topological polar surface area (TPSA) is 6.48 Å². The minimum absolute atomic E-state index is 0.590. The Morgan fingerprint density at radius 2 is 1.82 bits per heavy atom. The molecule has 2 aliphatic rings. The van der Waals surface area contributed by atoms with Crippen LogP contribution in [0, 0.1) is 0 Å². The summed E-state index contributed by atoms with van der Waals surface area (Å²) in [6, 6.07) is 0. The van der Waals surface area contributed by atoms with E-state index in [1.165, 1.54) is 38.9 Å². The molecule has 2 nitrogen and oxygen atoms in total. The molecule has 64 valence electrons. The molecule has 0 aromatic carbocycles. The number of likely N-dealkylation sites (tertiary alicyclic amines) is 2. The number of piperidine rings is 1. The van der Waals surface area contributed by atoms with Crippen LogP contribution >= 0.6 is 0 Å². The number of rotatable bonds is 0. The van der Waals surface area contributed by atoms with Crippen LogP contribution < -0.4 is 0 Å². The second kappa shape index (κ2) is 2.46. The Labute approximate surface area is 69.2 Å². The highest BCUT2D eigenvalue weighted by atomic mass is 15.3. The molecule has 0 aromatic heterocycles. The van der Waals surface area contributed by atoms with E-state index in [0.29, 0.717) is 5.54 Å². The summed E-state index contributed by atoms with van der Waals surface area (Å²) in [5.41, 5.74) is 0.590. The third-order valence-corrected chi connectivity index (χ3v) is 3.32. The van der Waals surface area contributed by atoms with Crippen molar-refractivity contribution >= 4 is 0 Å². The zero-order valence-corrected chi connectivity index (χ0v) is 7.64. The zero-order chi connectivity index (χ0) is 7.90. The van der Waals surface area contributed by atoms with E-state index in [2.05, 4.69) is 23.9 Å². The standard InChI is InChI=1S/C9H18N2/c1-10-7-9(8-10)5-3-4-6-11(9)2/h3-8H2,1-2H3. The lowest BCUT2D eigenvalue weighted by molar-refractivity contribution is -0.0513. The van der Waals surface area contributed by atoms with Crippen molar-refractivity contribution < 1.29 is 0 Å². The molecule has 2 aliphatic heterocycles. The average Bonchev–Trinajstić information content (AvgIpc) is 1.92. The van der Waals surface area contributed by atoms with E-state index in [9.17, 15) is 0 Å². The summed E-state index contributed by atoms with van der Waals surface area (Å²) < 4.78 is 0. The number of likely N-dealkylation sites (N-methyl/N-ethyl adjacent to an activating group) is 2. The first-order valence-electron chi connectivity index (χ1n) is 4.63. The minimum atomic E-state index is 0.590. The van der Waals surface area contributed by atoms with Crippen LogP contribution in [0.3, 0.4) is 0 Å². The van der Waals surface area contributed by atoms with E-state index in [-0.39, 0.29) is 0 Å². The third-order valence-electron chi connectivity index (χ3n) is 3.32. The molecule has 11 heavy (non-hydrogen) atoms. The quantitative estimate of drug-likeness (QED) is 0.509. The van der Waals surface area contributed by atoms with Gasteiger partial charge in [-0.3, -0.25) is 4.90 Å². The summed E-state index contributed by atoms with van der Waals surface area (Å²) in [6.45, 7) is 3.90. The lowest BCUT2D eigenvalue weighted by atomic mass is 9.81. The van der Waals surface area contributed by atoms with Gasteiger partial charge in [-0.15, -0.1) is 0 Å². The summed E-state index contributed by atoms with van der Waals surface area (Å²) in [6.07, 6.45) is 4.27. The summed E-state index contributed by atoms with van der Waals surface area (Å²) in [5.74, 6) is 0. The maximum absolute atomic E-state index is 2.57. The second-order valence-corrected chi connectivity index (χ2v) is 4.28. The van der Waals surface area contributed by atoms with Crippen molar-refractivity contribution in [3.63, 3.8) is 0 Å². The first kappa shape index (κ1) is 7.56. The van der Waals surface area contributed by atoms with Crippen molar-refractivity contribution in [2.75, 3.05) is 33.7 Å². The Morgan fingerprint density at radius 3 is 2.36 bits per heavy atom. The van der Waals surface area contributed by atoms with Gasteiger partial charge in [-0.2, -0.15) is 0 Å². The lowest BCUT2D eigenvalue weighted by Crippen LogP contribution is -2.69. The molecule has 2 rings (SSSR count). The van der Waals surface area contributed by atoms with Crippen LogP contribution in [-0.4, -0.2) is 49.1 Å². The van der Waals surface area contributed by atoms with Crippen LogP contribution in [0.15, 0.2) is 0 Å². The molecule has 2 heterocycles. The van der Waals surface area contributed by atoms with Crippen LogP contribution in [0.25, 0.3) is 0 Å². The van der Waals surface area contributed by atoms with E-state index >= 15 is 0 Å². The molecule has 1 spiro atoms. The molecule has 2 heteroatoms. The molecule has 0 radical (unpaired) electrons. The monoisotopic (exact) mass is 154 g/mol. The van der Waals surface area contributed by atoms with Crippen molar-refractivity contribution in [3.05, 3.63) is 0 Å². The molecular formula is C9H18N2. The van der Waals surface area contributed by atoms with Crippen LogP contribution in [-0.2, 0) is 0 Å². The molecule has 0 aromatic rings. The van der Waals surface area contributed by atoms with Gasteiger partial charge in [0.15, 0.2) is 0 Å². The third kappa shape index (κ3) is 1.09. The van der Waals surface area contributed by atoms with Gasteiger partial charge in [0, 0.05) is 18.6 Å². The first-order chi connectivity index (χ1) is 5.23. The molecule has 2 fully saturated rings. The Morgan fingerprint density at radius 1 is 1.09 bits per heavy atom. The summed E-state index contributed by atoms with van der Waals surface area (Å²) in [7, 11) is 4.50. The van der Waals surface area contributed by atoms with Gasteiger partial charge in [0.25, 0.3) is 0 Å². The van der Waals surface area contributed by atoms with Gasteiger partial charge in [-0.1, -0.05) is 6.42 Å². The Hall–Kier alpha value is -0.0800. The van der Waals surface area contributed by atoms with Gasteiger partial charge in [0.05, 0.1) is 0 Å². The highest BCUT2D eigenvalue weighted by Gasteiger charge is 2.44. The molecule has 0 aliphatic carbocycles. The van der Waals surface area contributed by atoms with Gasteiger partial charge in [0.1, 0.15) is 0 Å². The summed E-state index contributed by atoms with van der Waals surface area (Å²) >= 11 is 0. The van der Waals surface area contributed by atoms with Crippen LogP contribution in [0.5, 0.6) is 0 Å². The molecule has 0 bridgehead atoms. The largest absolute Gasteiger partial charge is 0.303 e. The Kier molecular flexibility index (Phi) is 1.69. The van der Waals surface area contributed by atoms with Crippen molar-refractivity contribution in [2.45, 2.75) is 24.8 Å². The minimum Gasteiger partial charge on any atom is -0.303 e. The molecule has 0 atom stereocenters. The fraction of sp³-hybridized carbons (Fsp3) is 1.00. The van der Waals surface area contributed by atoms with E-state index in [1.807, 2.05) is 0 Å². The van der Waals surface area contributed by atoms with Crippen LogP contribution in [0.4, 0.5) is 0 Å².